The van der Waals surface area contributed by atoms with Gasteiger partial charge in [-0.1, -0.05) is 41.9 Å². The molecule has 16 nitrogen and oxygen atoms in total. The predicted molar refractivity (Wildman–Crippen MR) is 249 cm³/mol. The fourth-order valence-electron chi connectivity index (χ4n) is 7.82. The van der Waals surface area contributed by atoms with Crippen LogP contribution in [0.2, 0.25) is 10.0 Å². The molecule has 3 unspecified atom stereocenters. The Morgan fingerprint density at radius 3 is 2.31 bits per heavy atom. The molecule has 18 heteroatoms. The van der Waals surface area contributed by atoms with Crippen LogP contribution in [0.5, 0.6) is 23.0 Å². The monoisotopic (exact) mass is 915 g/mol. The molecule has 3 atom stereocenters. The van der Waals surface area contributed by atoms with Crippen molar-refractivity contribution in [3.05, 3.63) is 120 Å². The van der Waals surface area contributed by atoms with E-state index in [1.54, 1.807) is 61.7 Å². The standard InChI is InChI=1S/C47H43Cl2N9O7/c1-4-44(59)57-14-12-30(23-57)64-41-19-33-37(21-39(41)62-3)55-43(56-47(33)54-28-7-5-6-27(16-28)42-22-50-26-63-42)10-11-45(60)58-15-13-31(24-58)65-40-18-32-36(20-38(40)61-2)51-25-52-46(32)53-29-8-9-34(48)35(49)17-29/h4-11,16-22,25-26,30-31,44,59H,1,12-15,23-24H2,2-3H3,(H,51,52,53)(H,54,55,56)/b11-10-. The highest BCUT2D eigenvalue weighted by Crippen LogP contribution is 2.39. The Hall–Kier alpha value is -6.98. The maximum absolute atomic E-state index is 13.7. The van der Waals surface area contributed by atoms with Crippen molar-refractivity contribution in [3.63, 3.8) is 0 Å². The molecular formula is C47H43Cl2N9O7. The van der Waals surface area contributed by atoms with Crippen molar-refractivity contribution in [1.29, 1.82) is 0 Å². The minimum atomic E-state index is -0.756. The van der Waals surface area contributed by atoms with Crippen molar-refractivity contribution in [2.45, 2.75) is 31.3 Å². The number of hydrogen-bond acceptors (Lipinski definition) is 15. The van der Waals surface area contributed by atoms with Gasteiger partial charge in [0.05, 0.1) is 48.0 Å². The summed E-state index contributed by atoms with van der Waals surface area (Å²) in [6, 6.07) is 20.1. The van der Waals surface area contributed by atoms with Crippen molar-refractivity contribution in [3.8, 4) is 34.3 Å². The number of aromatic nitrogens is 5. The summed E-state index contributed by atoms with van der Waals surface area (Å²) in [5, 5.41) is 19.3. The van der Waals surface area contributed by atoms with E-state index in [2.05, 4.69) is 32.2 Å². The van der Waals surface area contributed by atoms with Crippen LogP contribution in [0.1, 0.15) is 18.7 Å². The number of nitrogens with zero attached hydrogens (tertiary/aromatic N) is 7. The van der Waals surface area contributed by atoms with Gasteiger partial charge in [0, 0.05) is 72.0 Å². The number of oxazole rings is 1. The lowest BCUT2D eigenvalue weighted by molar-refractivity contribution is -0.125. The number of amides is 1. The van der Waals surface area contributed by atoms with Crippen LogP contribution in [-0.4, -0.2) is 105 Å². The molecule has 3 N–H and O–H groups in total. The largest absolute Gasteiger partial charge is 0.493 e. The average molecular weight is 917 g/mol. The number of halogens is 2. The number of methoxy groups -OCH3 is 2. The van der Waals surface area contributed by atoms with Gasteiger partial charge in [-0.2, -0.15) is 0 Å². The molecule has 2 saturated heterocycles. The quantitative estimate of drug-likeness (QED) is 0.0656. The molecule has 4 aromatic carbocycles. The Morgan fingerprint density at radius 2 is 1.57 bits per heavy atom. The molecule has 0 spiro atoms. The van der Waals surface area contributed by atoms with Crippen LogP contribution in [0, 0.1) is 0 Å². The maximum Gasteiger partial charge on any atom is 0.246 e. The van der Waals surface area contributed by atoms with Crippen molar-refractivity contribution in [2.24, 2.45) is 0 Å². The van der Waals surface area contributed by atoms with E-state index in [1.807, 2.05) is 41.3 Å². The first-order valence-electron chi connectivity index (χ1n) is 20.7. The van der Waals surface area contributed by atoms with E-state index in [1.165, 1.54) is 24.9 Å². The fraction of sp³-hybridized carbons (Fsp3) is 0.234. The van der Waals surface area contributed by atoms with E-state index in [0.717, 1.165) is 11.3 Å². The molecule has 2 fully saturated rings. The Kier molecular flexibility index (Phi) is 12.7. The second kappa shape index (κ2) is 19.0. The van der Waals surface area contributed by atoms with Crippen molar-refractivity contribution in [2.75, 3.05) is 51.0 Å². The number of carbonyl (C=O) groups is 1. The van der Waals surface area contributed by atoms with Crippen molar-refractivity contribution in [1.82, 2.24) is 34.7 Å². The van der Waals surface area contributed by atoms with Gasteiger partial charge in [0.2, 0.25) is 5.91 Å². The summed E-state index contributed by atoms with van der Waals surface area (Å²) < 4.78 is 30.0. The van der Waals surface area contributed by atoms with Gasteiger partial charge in [0.1, 0.15) is 36.4 Å². The smallest absolute Gasteiger partial charge is 0.246 e. The van der Waals surface area contributed by atoms with Crippen LogP contribution in [0.25, 0.3) is 39.2 Å². The summed E-state index contributed by atoms with van der Waals surface area (Å²) in [6.45, 7) is 5.68. The molecule has 9 rings (SSSR count). The maximum atomic E-state index is 13.7. The molecule has 2 aliphatic heterocycles. The van der Waals surface area contributed by atoms with E-state index in [4.69, 9.17) is 56.5 Å². The van der Waals surface area contributed by atoms with Crippen LogP contribution in [-0.2, 0) is 4.79 Å². The molecule has 1 amide bonds. The highest BCUT2D eigenvalue weighted by Gasteiger charge is 2.30. The number of anilines is 4. The summed E-state index contributed by atoms with van der Waals surface area (Å²) in [5.74, 6) is 3.64. The highest BCUT2D eigenvalue weighted by atomic mass is 35.5. The molecule has 3 aromatic heterocycles. The lowest BCUT2D eigenvalue weighted by Gasteiger charge is -2.21. The number of hydrogen-bond donors (Lipinski definition) is 3. The van der Waals surface area contributed by atoms with Gasteiger partial charge < -0.3 is 44.0 Å². The van der Waals surface area contributed by atoms with Gasteiger partial charge in [-0.05, 0) is 61.0 Å². The number of aliphatic hydroxyl groups excluding tert-OH is 1. The third kappa shape index (κ3) is 9.61. The first-order chi connectivity index (χ1) is 31.6. The number of ether oxygens (including phenoxy) is 4. The molecule has 0 bridgehead atoms. The molecule has 0 saturated carbocycles. The van der Waals surface area contributed by atoms with Gasteiger partial charge in [0.25, 0.3) is 0 Å². The number of likely N-dealkylation sites (tertiary alicyclic amines) is 2. The minimum absolute atomic E-state index is 0.198. The zero-order chi connectivity index (χ0) is 45.0. The Bertz CT molecular complexity index is 2920. The van der Waals surface area contributed by atoms with Crippen molar-refractivity contribution < 1.29 is 33.3 Å². The van der Waals surface area contributed by atoms with Crippen LogP contribution >= 0.6 is 23.2 Å². The van der Waals surface area contributed by atoms with E-state index in [-0.39, 0.29) is 18.1 Å². The predicted octanol–water partition coefficient (Wildman–Crippen LogP) is 8.69. The topological polar surface area (TPSA) is 182 Å². The number of benzene rings is 4. The molecular weight excluding hydrogens is 873 g/mol. The second-order valence-corrected chi connectivity index (χ2v) is 16.2. The summed E-state index contributed by atoms with van der Waals surface area (Å²) in [5.41, 5.74) is 3.44. The van der Waals surface area contributed by atoms with Gasteiger partial charge in [0.15, 0.2) is 41.0 Å². The van der Waals surface area contributed by atoms with Gasteiger partial charge in [-0.3, -0.25) is 9.69 Å². The summed E-state index contributed by atoms with van der Waals surface area (Å²) in [4.78, 5) is 40.0. The third-order valence-electron chi connectivity index (χ3n) is 11.1. The van der Waals surface area contributed by atoms with Gasteiger partial charge in [-0.15, -0.1) is 0 Å². The van der Waals surface area contributed by atoms with E-state index in [9.17, 15) is 9.90 Å². The van der Waals surface area contributed by atoms with Gasteiger partial charge >= 0.3 is 0 Å². The second-order valence-electron chi connectivity index (χ2n) is 15.3. The normalized spacial score (nSPS) is 16.8. The van der Waals surface area contributed by atoms with Crippen LogP contribution in [0.15, 0.2) is 109 Å². The average Bonchev–Trinajstić information content (AvgIpc) is 4.13. The number of rotatable bonds is 15. The Balaban J connectivity index is 0.950. The van der Waals surface area contributed by atoms with Crippen molar-refractivity contribution >= 4 is 80.0 Å². The molecule has 332 valence electrons. The number of nitrogens with one attached hydrogen (secondary N) is 2. The van der Waals surface area contributed by atoms with Gasteiger partial charge in [-0.25, -0.2) is 24.9 Å². The summed E-state index contributed by atoms with van der Waals surface area (Å²) >= 11 is 12.4. The van der Waals surface area contributed by atoms with Crippen LogP contribution in [0.4, 0.5) is 23.0 Å². The third-order valence-corrected chi connectivity index (χ3v) is 11.9. The molecule has 0 aliphatic carbocycles. The molecule has 0 radical (unpaired) electrons. The fourth-order valence-corrected chi connectivity index (χ4v) is 8.12. The Labute approximate surface area is 383 Å². The SMILES string of the molecule is C=CC(O)N1CCC(Oc2cc3c(Nc4cccc(-c5cnco5)c4)nc(/C=C\C(=O)N4CCC(Oc5cc6c(Nc7ccc(Cl)c(Cl)c7)ncnc6cc5OC)C4)nc3cc2OC)C1. The molecule has 65 heavy (non-hydrogen) atoms. The number of aliphatic hydroxyl groups is 1. The van der Waals surface area contributed by atoms with E-state index < -0.39 is 6.23 Å². The molecule has 5 heterocycles. The zero-order valence-corrected chi connectivity index (χ0v) is 36.8. The van der Waals surface area contributed by atoms with E-state index >= 15 is 0 Å². The van der Waals surface area contributed by atoms with Crippen LogP contribution < -0.4 is 29.6 Å². The Morgan fingerprint density at radius 1 is 0.846 bits per heavy atom. The lowest BCUT2D eigenvalue weighted by Crippen LogP contribution is -2.33. The molecule has 2 aliphatic rings. The highest BCUT2D eigenvalue weighted by molar-refractivity contribution is 6.42. The first kappa shape index (κ1) is 43.3. The minimum Gasteiger partial charge on any atom is -0.493 e. The lowest BCUT2D eigenvalue weighted by atomic mass is 10.1. The summed E-state index contributed by atoms with van der Waals surface area (Å²) in [6.07, 6.45) is 9.06. The summed E-state index contributed by atoms with van der Waals surface area (Å²) in [7, 11) is 3.13. The zero-order valence-electron chi connectivity index (χ0n) is 35.3. The number of fused-ring (bicyclic) bond motifs is 2. The van der Waals surface area contributed by atoms with Crippen LogP contribution in [0.3, 0.4) is 0 Å². The van der Waals surface area contributed by atoms with E-state index in [0.29, 0.717) is 123 Å². The molecule has 7 aromatic rings. The number of carbonyl (C=O) groups excluding carboxylic acids is 1. The first-order valence-corrected chi connectivity index (χ1v) is 21.5.